The first-order valence-corrected chi connectivity index (χ1v) is 6.05. The summed E-state index contributed by atoms with van der Waals surface area (Å²) in [6, 6.07) is 7.81. The van der Waals surface area contributed by atoms with Crippen molar-refractivity contribution in [3.63, 3.8) is 0 Å². The van der Waals surface area contributed by atoms with Crippen molar-refractivity contribution in [1.82, 2.24) is 0 Å². The molecule has 0 amide bonds. The van der Waals surface area contributed by atoms with Gasteiger partial charge in [0.05, 0.1) is 11.1 Å². The molecule has 0 fully saturated rings. The van der Waals surface area contributed by atoms with Crippen molar-refractivity contribution in [1.29, 1.82) is 0 Å². The Morgan fingerprint density at radius 2 is 1.84 bits per heavy atom. The first kappa shape index (κ1) is 13.6. The zero-order chi connectivity index (χ0) is 14.0. The summed E-state index contributed by atoms with van der Waals surface area (Å²) in [4.78, 5) is 0. The first-order chi connectivity index (χ1) is 8.97. The van der Waals surface area contributed by atoms with Gasteiger partial charge in [-0.05, 0) is 31.2 Å². The standard InChI is InChI=1S/C14H12ClF2NO/c1-8(11-4-3-10(19)7-14(11)17)18-9-2-5-13(16)12(15)6-9/h2-8,18-19H,1H3. The lowest BCUT2D eigenvalue weighted by atomic mass is 10.1. The van der Waals surface area contributed by atoms with E-state index in [0.29, 0.717) is 11.3 Å². The van der Waals surface area contributed by atoms with Crippen molar-refractivity contribution < 1.29 is 13.9 Å². The molecule has 1 unspecified atom stereocenters. The summed E-state index contributed by atoms with van der Waals surface area (Å²) in [6.45, 7) is 1.76. The zero-order valence-corrected chi connectivity index (χ0v) is 10.9. The minimum atomic E-state index is -0.506. The van der Waals surface area contributed by atoms with E-state index in [9.17, 15) is 8.78 Å². The second-order valence-corrected chi connectivity index (χ2v) is 4.61. The molecule has 2 aromatic rings. The number of rotatable bonds is 3. The smallest absolute Gasteiger partial charge is 0.141 e. The van der Waals surface area contributed by atoms with Gasteiger partial charge in [0.1, 0.15) is 17.4 Å². The summed E-state index contributed by atoms with van der Waals surface area (Å²) in [6.07, 6.45) is 0. The molecule has 1 atom stereocenters. The van der Waals surface area contributed by atoms with Gasteiger partial charge in [-0.25, -0.2) is 8.78 Å². The predicted octanol–water partition coefficient (Wildman–Crippen LogP) is 4.50. The van der Waals surface area contributed by atoms with E-state index in [4.69, 9.17) is 16.7 Å². The van der Waals surface area contributed by atoms with Gasteiger partial charge in [-0.3, -0.25) is 0 Å². The first-order valence-electron chi connectivity index (χ1n) is 5.67. The van der Waals surface area contributed by atoms with Crippen LogP contribution in [0.4, 0.5) is 14.5 Å². The number of phenolic OH excluding ortho intramolecular Hbond substituents is 1. The maximum Gasteiger partial charge on any atom is 0.141 e. The molecule has 100 valence electrons. The van der Waals surface area contributed by atoms with Gasteiger partial charge >= 0.3 is 0 Å². The predicted molar refractivity (Wildman–Crippen MR) is 71.5 cm³/mol. The molecular weight excluding hydrogens is 272 g/mol. The fourth-order valence-electron chi connectivity index (χ4n) is 1.78. The maximum absolute atomic E-state index is 13.7. The minimum Gasteiger partial charge on any atom is -0.508 e. The van der Waals surface area contributed by atoms with Gasteiger partial charge in [0.15, 0.2) is 0 Å². The van der Waals surface area contributed by atoms with Crippen LogP contribution in [0.3, 0.4) is 0 Å². The van der Waals surface area contributed by atoms with E-state index in [-0.39, 0.29) is 16.8 Å². The number of nitrogens with one attached hydrogen (secondary N) is 1. The Bertz CT molecular complexity index is 604. The average molecular weight is 284 g/mol. The number of halogens is 3. The quantitative estimate of drug-likeness (QED) is 0.869. The molecule has 19 heavy (non-hydrogen) atoms. The Hall–Kier alpha value is -1.81. The maximum atomic E-state index is 13.7. The van der Waals surface area contributed by atoms with Crippen molar-refractivity contribution in [2.24, 2.45) is 0 Å². The molecule has 0 aliphatic carbocycles. The third kappa shape index (κ3) is 3.15. The number of benzene rings is 2. The van der Waals surface area contributed by atoms with Gasteiger partial charge in [0.2, 0.25) is 0 Å². The number of hydrogen-bond donors (Lipinski definition) is 2. The highest BCUT2D eigenvalue weighted by atomic mass is 35.5. The van der Waals surface area contributed by atoms with E-state index in [1.54, 1.807) is 6.92 Å². The van der Waals surface area contributed by atoms with Crippen LogP contribution in [0.2, 0.25) is 5.02 Å². The number of anilines is 1. The van der Waals surface area contributed by atoms with Crippen molar-refractivity contribution in [2.45, 2.75) is 13.0 Å². The van der Waals surface area contributed by atoms with E-state index < -0.39 is 11.6 Å². The molecule has 2 aromatic carbocycles. The van der Waals surface area contributed by atoms with Crippen LogP contribution < -0.4 is 5.32 Å². The summed E-state index contributed by atoms with van der Waals surface area (Å²) in [5.41, 5.74) is 0.990. The monoisotopic (exact) mass is 283 g/mol. The molecule has 0 aliphatic rings. The Morgan fingerprint density at radius 1 is 1.11 bits per heavy atom. The normalized spacial score (nSPS) is 12.2. The molecule has 0 heterocycles. The van der Waals surface area contributed by atoms with Crippen LogP contribution in [0, 0.1) is 11.6 Å². The van der Waals surface area contributed by atoms with E-state index in [0.717, 1.165) is 6.07 Å². The molecule has 0 radical (unpaired) electrons. The van der Waals surface area contributed by atoms with Gasteiger partial charge in [0.25, 0.3) is 0 Å². The van der Waals surface area contributed by atoms with Crippen molar-refractivity contribution in [3.05, 3.63) is 58.6 Å². The van der Waals surface area contributed by atoms with E-state index >= 15 is 0 Å². The van der Waals surface area contributed by atoms with Crippen molar-refractivity contribution >= 4 is 17.3 Å². The fourth-order valence-corrected chi connectivity index (χ4v) is 1.96. The number of phenols is 1. The lowest BCUT2D eigenvalue weighted by molar-refractivity contribution is 0.467. The Morgan fingerprint density at radius 3 is 2.47 bits per heavy atom. The van der Waals surface area contributed by atoms with Gasteiger partial charge in [-0.1, -0.05) is 17.7 Å². The highest BCUT2D eigenvalue weighted by molar-refractivity contribution is 6.31. The van der Waals surface area contributed by atoms with E-state index in [2.05, 4.69) is 5.32 Å². The second kappa shape index (κ2) is 5.45. The van der Waals surface area contributed by atoms with Crippen LogP contribution in [0.25, 0.3) is 0 Å². The Labute approximate surface area is 114 Å². The molecule has 0 bridgehead atoms. The molecule has 2 nitrogen and oxygen atoms in total. The average Bonchev–Trinajstić information content (AvgIpc) is 2.33. The second-order valence-electron chi connectivity index (χ2n) is 4.20. The van der Waals surface area contributed by atoms with Gasteiger partial charge < -0.3 is 10.4 Å². The van der Waals surface area contributed by atoms with Crippen LogP contribution in [0.1, 0.15) is 18.5 Å². The topological polar surface area (TPSA) is 32.3 Å². The van der Waals surface area contributed by atoms with E-state index in [1.807, 2.05) is 0 Å². The molecule has 2 N–H and O–H groups in total. The third-order valence-corrected chi connectivity index (χ3v) is 3.04. The molecule has 0 aromatic heterocycles. The number of aromatic hydroxyl groups is 1. The third-order valence-electron chi connectivity index (χ3n) is 2.75. The van der Waals surface area contributed by atoms with Gasteiger partial charge in [-0.2, -0.15) is 0 Å². The molecule has 2 rings (SSSR count). The Balaban J connectivity index is 2.20. The van der Waals surface area contributed by atoms with Crippen LogP contribution >= 0.6 is 11.6 Å². The van der Waals surface area contributed by atoms with Crippen molar-refractivity contribution in [2.75, 3.05) is 5.32 Å². The summed E-state index contributed by atoms with van der Waals surface area (Å²) in [7, 11) is 0. The molecule has 0 aliphatic heterocycles. The lowest BCUT2D eigenvalue weighted by Gasteiger charge is -2.16. The van der Waals surface area contributed by atoms with Crippen LogP contribution in [0.5, 0.6) is 5.75 Å². The summed E-state index contributed by atoms with van der Waals surface area (Å²) < 4.78 is 26.7. The Kier molecular flexibility index (Phi) is 3.90. The van der Waals surface area contributed by atoms with Gasteiger partial charge in [0, 0.05) is 17.3 Å². The summed E-state index contributed by atoms with van der Waals surface area (Å²) in [5.74, 6) is -1.14. The van der Waals surface area contributed by atoms with Crippen LogP contribution in [-0.4, -0.2) is 5.11 Å². The van der Waals surface area contributed by atoms with Crippen molar-refractivity contribution in [3.8, 4) is 5.75 Å². The molecule has 0 spiro atoms. The summed E-state index contributed by atoms with van der Waals surface area (Å²) >= 11 is 5.67. The van der Waals surface area contributed by atoms with Crippen LogP contribution in [0.15, 0.2) is 36.4 Å². The van der Waals surface area contributed by atoms with Gasteiger partial charge in [-0.15, -0.1) is 0 Å². The molecule has 5 heteroatoms. The number of hydrogen-bond acceptors (Lipinski definition) is 2. The minimum absolute atomic E-state index is 0.00313. The van der Waals surface area contributed by atoms with E-state index in [1.165, 1.54) is 30.3 Å². The highest BCUT2D eigenvalue weighted by Gasteiger charge is 2.12. The molecule has 0 saturated heterocycles. The SMILES string of the molecule is CC(Nc1ccc(F)c(Cl)c1)c1ccc(O)cc1F. The fraction of sp³-hybridized carbons (Fsp3) is 0.143. The zero-order valence-electron chi connectivity index (χ0n) is 10.1. The van der Waals surface area contributed by atoms with Crippen LogP contribution in [-0.2, 0) is 0 Å². The molecule has 0 saturated carbocycles. The lowest BCUT2D eigenvalue weighted by Crippen LogP contribution is -2.08. The molecular formula is C14H12ClF2NO. The highest BCUT2D eigenvalue weighted by Crippen LogP contribution is 2.26. The summed E-state index contributed by atoms with van der Waals surface area (Å²) in [5, 5.41) is 12.2. The largest absolute Gasteiger partial charge is 0.508 e.